The fourth-order valence-corrected chi connectivity index (χ4v) is 4.50. The summed E-state index contributed by atoms with van der Waals surface area (Å²) in [5.41, 5.74) is 2.74. The van der Waals surface area contributed by atoms with E-state index in [9.17, 15) is 4.79 Å². The monoisotopic (exact) mass is 460 g/mol. The Balaban J connectivity index is 2.02. The van der Waals surface area contributed by atoms with Crippen LogP contribution in [0.5, 0.6) is 17.2 Å². The van der Waals surface area contributed by atoms with Gasteiger partial charge in [-0.25, -0.2) is 4.79 Å². The fourth-order valence-electron chi connectivity index (χ4n) is 4.28. The maximum absolute atomic E-state index is 11.2. The Morgan fingerprint density at radius 1 is 1.25 bits per heavy atom. The summed E-state index contributed by atoms with van der Waals surface area (Å²) in [6.07, 6.45) is 0.252. The summed E-state index contributed by atoms with van der Waals surface area (Å²) in [5, 5.41) is 9.58. The third kappa shape index (κ3) is 5.19. The van der Waals surface area contributed by atoms with E-state index in [1.165, 1.54) is 7.11 Å². The summed E-state index contributed by atoms with van der Waals surface area (Å²) in [4.78, 5) is 11.2. The number of rotatable bonds is 8. The van der Waals surface area contributed by atoms with Gasteiger partial charge in [-0.1, -0.05) is 35.9 Å². The highest BCUT2D eigenvalue weighted by Gasteiger charge is 2.40. The van der Waals surface area contributed by atoms with Crippen molar-refractivity contribution in [2.24, 2.45) is 5.92 Å². The Labute approximate surface area is 193 Å². The maximum atomic E-state index is 11.2. The van der Waals surface area contributed by atoms with Gasteiger partial charge in [0.05, 0.1) is 26.4 Å². The summed E-state index contributed by atoms with van der Waals surface area (Å²) in [7, 11) is 3.14. The van der Waals surface area contributed by atoms with E-state index >= 15 is 0 Å². The van der Waals surface area contributed by atoms with Crippen LogP contribution in [0.15, 0.2) is 48.6 Å². The van der Waals surface area contributed by atoms with E-state index in [2.05, 4.69) is 12.6 Å². The molecule has 1 aliphatic rings. The van der Waals surface area contributed by atoms with E-state index in [1.807, 2.05) is 32.0 Å². The zero-order chi connectivity index (χ0) is 23.4. The van der Waals surface area contributed by atoms with E-state index in [1.54, 1.807) is 19.2 Å². The second kappa shape index (κ2) is 10.3. The number of halogens is 1. The molecule has 1 aliphatic heterocycles. The minimum Gasteiger partial charge on any atom is -0.497 e. The predicted molar refractivity (Wildman–Crippen MR) is 123 cm³/mol. The van der Waals surface area contributed by atoms with Crippen LogP contribution in [0.3, 0.4) is 0 Å². The Hall–Kier alpha value is -2.70. The first-order valence-corrected chi connectivity index (χ1v) is 10.8. The molecule has 6 nitrogen and oxygen atoms in total. The lowest BCUT2D eigenvalue weighted by molar-refractivity contribution is -0.139. The normalized spacial score (nSPS) is 22.8. The van der Waals surface area contributed by atoms with Crippen molar-refractivity contribution >= 4 is 17.6 Å². The molecule has 0 saturated carbocycles. The molecule has 1 N–H and O–H groups in total. The number of hydrogen-bond acceptors (Lipinski definition) is 5. The molecule has 0 spiro atoms. The largest absolute Gasteiger partial charge is 0.497 e. The van der Waals surface area contributed by atoms with Crippen molar-refractivity contribution in [3.05, 3.63) is 64.7 Å². The summed E-state index contributed by atoms with van der Waals surface area (Å²) in [6, 6.07) is 11.4. The molecule has 1 saturated heterocycles. The predicted octanol–water partition coefficient (Wildman–Crippen LogP) is 5.65. The van der Waals surface area contributed by atoms with Crippen LogP contribution in [-0.2, 0) is 9.53 Å². The van der Waals surface area contributed by atoms with Gasteiger partial charge in [0.15, 0.2) is 18.1 Å². The topological polar surface area (TPSA) is 74.2 Å². The Morgan fingerprint density at radius 3 is 2.62 bits per heavy atom. The number of methoxy groups -OCH3 is 2. The second-order valence-corrected chi connectivity index (χ2v) is 8.48. The minimum atomic E-state index is -1.08. The quantitative estimate of drug-likeness (QED) is 0.513. The van der Waals surface area contributed by atoms with E-state index in [0.717, 1.165) is 23.3 Å². The number of carbonyl (C=O) groups is 1. The molecule has 7 heteroatoms. The van der Waals surface area contributed by atoms with Gasteiger partial charge in [0.2, 0.25) is 0 Å². The number of carboxylic acid groups (broad SMARTS) is 1. The van der Waals surface area contributed by atoms with E-state index in [0.29, 0.717) is 22.1 Å². The van der Waals surface area contributed by atoms with Gasteiger partial charge in [0.1, 0.15) is 5.75 Å². The summed E-state index contributed by atoms with van der Waals surface area (Å²) in [5.74, 6) is 0.487. The van der Waals surface area contributed by atoms with Crippen LogP contribution in [0, 0.1) is 5.92 Å². The maximum Gasteiger partial charge on any atom is 0.341 e. The van der Waals surface area contributed by atoms with E-state index in [4.69, 9.17) is 35.7 Å². The third-order valence-electron chi connectivity index (χ3n) is 5.87. The molecule has 1 fully saturated rings. The third-order valence-corrected chi connectivity index (χ3v) is 6.09. The Kier molecular flexibility index (Phi) is 7.69. The second-order valence-electron chi connectivity index (χ2n) is 8.04. The zero-order valence-corrected chi connectivity index (χ0v) is 19.5. The van der Waals surface area contributed by atoms with Crippen molar-refractivity contribution < 1.29 is 28.8 Å². The molecule has 3 rings (SSSR count). The first-order chi connectivity index (χ1) is 15.2. The number of aliphatic carboxylic acids is 1. The van der Waals surface area contributed by atoms with Crippen molar-refractivity contribution in [1.29, 1.82) is 0 Å². The highest BCUT2D eigenvalue weighted by Crippen LogP contribution is 2.50. The van der Waals surface area contributed by atoms with Crippen molar-refractivity contribution in [1.82, 2.24) is 0 Å². The van der Waals surface area contributed by atoms with Crippen molar-refractivity contribution in [2.75, 3.05) is 20.8 Å². The molecule has 0 aliphatic carbocycles. The molecule has 2 aromatic rings. The molecule has 0 radical (unpaired) electrons. The van der Waals surface area contributed by atoms with Gasteiger partial charge in [0, 0.05) is 28.5 Å². The molecular weight excluding hydrogens is 432 g/mol. The van der Waals surface area contributed by atoms with Gasteiger partial charge >= 0.3 is 5.97 Å². The molecular formula is C25H29ClO6. The van der Waals surface area contributed by atoms with Crippen molar-refractivity contribution in [3.8, 4) is 17.2 Å². The molecule has 0 aromatic heterocycles. The summed E-state index contributed by atoms with van der Waals surface area (Å²) in [6.45, 7) is 7.71. The zero-order valence-electron chi connectivity index (χ0n) is 18.8. The smallest absolute Gasteiger partial charge is 0.341 e. The van der Waals surface area contributed by atoms with Gasteiger partial charge in [-0.15, -0.1) is 0 Å². The number of ether oxygens (including phenoxy) is 4. The van der Waals surface area contributed by atoms with Crippen LogP contribution in [0.25, 0.3) is 0 Å². The minimum absolute atomic E-state index is 0.0437. The molecule has 0 unspecified atom stereocenters. The average molecular weight is 461 g/mol. The van der Waals surface area contributed by atoms with Crippen LogP contribution in [0.4, 0.5) is 0 Å². The lowest BCUT2D eigenvalue weighted by Gasteiger charge is -2.42. The SMILES string of the molecule is C=C(C)[C@H]1C[C@H](c2cccc(OC)c2)[C@H](C)O[C@@H]1c1cc(Cl)cc(OC)c1OCC(=O)O. The van der Waals surface area contributed by atoms with Crippen LogP contribution >= 0.6 is 11.6 Å². The van der Waals surface area contributed by atoms with Gasteiger partial charge in [-0.05, 0) is 44.0 Å². The summed E-state index contributed by atoms with van der Waals surface area (Å²) < 4.78 is 23.0. The highest BCUT2D eigenvalue weighted by molar-refractivity contribution is 6.30. The molecule has 2 aromatic carbocycles. The highest BCUT2D eigenvalue weighted by atomic mass is 35.5. The molecule has 0 amide bonds. The van der Waals surface area contributed by atoms with Crippen molar-refractivity contribution in [2.45, 2.75) is 38.4 Å². The van der Waals surface area contributed by atoms with Crippen LogP contribution in [0.1, 0.15) is 43.4 Å². The molecule has 0 bridgehead atoms. The molecule has 4 atom stereocenters. The van der Waals surface area contributed by atoms with Crippen LogP contribution < -0.4 is 14.2 Å². The first-order valence-electron chi connectivity index (χ1n) is 10.4. The van der Waals surface area contributed by atoms with Gasteiger partial charge in [-0.3, -0.25) is 0 Å². The number of carboxylic acids is 1. The Bertz CT molecular complexity index is 988. The number of hydrogen-bond donors (Lipinski definition) is 1. The standard InChI is InChI=1S/C25H29ClO6/c1-14(2)19-12-20(16-7-6-8-18(9-16)29-4)15(3)32-24(19)21-10-17(26)11-22(30-5)25(21)31-13-23(27)28/h6-11,15,19-20,24H,1,12-13H2,2-5H3,(H,27,28)/t15-,19+,20-,24-/m0/s1. The van der Waals surface area contributed by atoms with Crippen LogP contribution in [-0.4, -0.2) is 38.0 Å². The van der Waals surface area contributed by atoms with Crippen molar-refractivity contribution in [3.63, 3.8) is 0 Å². The Morgan fingerprint density at radius 2 is 2.00 bits per heavy atom. The molecule has 32 heavy (non-hydrogen) atoms. The van der Waals surface area contributed by atoms with E-state index < -0.39 is 18.7 Å². The lowest BCUT2D eigenvalue weighted by atomic mass is 9.76. The average Bonchev–Trinajstić information content (AvgIpc) is 2.77. The van der Waals surface area contributed by atoms with Gasteiger partial charge < -0.3 is 24.1 Å². The van der Waals surface area contributed by atoms with Crippen LogP contribution in [0.2, 0.25) is 5.02 Å². The summed E-state index contributed by atoms with van der Waals surface area (Å²) >= 11 is 6.36. The lowest BCUT2D eigenvalue weighted by Crippen LogP contribution is -2.34. The molecule has 172 valence electrons. The van der Waals surface area contributed by atoms with Gasteiger partial charge in [0.25, 0.3) is 0 Å². The fraction of sp³-hybridized carbons (Fsp3) is 0.400. The first kappa shape index (κ1) is 24.0. The van der Waals surface area contributed by atoms with E-state index in [-0.39, 0.29) is 17.9 Å². The number of benzene rings is 2. The van der Waals surface area contributed by atoms with Gasteiger partial charge in [-0.2, -0.15) is 0 Å². The molecule has 1 heterocycles.